The van der Waals surface area contributed by atoms with E-state index in [9.17, 15) is 4.79 Å². The summed E-state index contributed by atoms with van der Waals surface area (Å²) in [6.07, 6.45) is 2.70. The van der Waals surface area contributed by atoms with E-state index in [0.717, 1.165) is 23.6 Å². The molecule has 1 fully saturated rings. The fraction of sp³-hybridized carbons (Fsp3) is 0.583. The number of hydrogen-bond acceptors (Lipinski definition) is 2. The van der Waals surface area contributed by atoms with Crippen LogP contribution in [-0.2, 0) is 0 Å². The maximum Gasteiger partial charge on any atom is 0.255 e. The average molecular weight is 221 g/mol. The fourth-order valence-electron chi connectivity index (χ4n) is 2.52. The number of likely N-dealkylation sites (N-methyl/N-ethyl adjacent to an activating group) is 1. The molecular formula is C12H15NOS. The summed E-state index contributed by atoms with van der Waals surface area (Å²) in [6.45, 7) is 2.98. The Morgan fingerprint density at radius 3 is 2.87 bits per heavy atom. The number of fused-ring (bicyclic) bond motifs is 1. The van der Waals surface area contributed by atoms with Gasteiger partial charge in [0.1, 0.15) is 0 Å². The smallest absolute Gasteiger partial charge is 0.255 e. The lowest BCUT2D eigenvalue weighted by molar-refractivity contribution is 0.0762. The number of rotatable bonds is 1. The maximum absolute atomic E-state index is 12.0. The van der Waals surface area contributed by atoms with Crippen molar-refractivity contribution in [1.82, 2.24) is 4.90 Å². The molecule has 2 nitrogen and oxygen atoms in total. The third-order valence-corrected chi connectivity index (χ3v) is 4.79. The molecule has 0 bridgehead atoms. The van der Waals surface area contributed by atoms with Crippen molar-refractivity contribution in [3.05, 3.63) is 21.4 Å². The first-order valence-electron chi connectivity index (χ1n) is 5.52. The average Bonchev–Trinajstić information content (AvgIpc) is 2.97. The zero-order chi connectivity index (χ0) is 10.6. The van der Waals surface area contributed by atoms with E-state index in [1.807, 2.05) is 11.9 Å². The zero-order valence-electron chi connectivity index (χ0n) is 9.12. The molecule has 0 N–H and O–H groups in total. The molecule has 15 heavy (non-hydrogen) atoms. The van der Waals surface area contributed by atoms with Crippen LogP contribution in [0, 0.1) is 12.8 Å². The van der Waals surface area contributed by atoms with Crippen LogP contribution in [0.15, 0.2) is 5.38 Å². The molecule has 0 aromatic carbocycles. The van der Waals surface area contributed by atoms with Gasteiger partial charge in [-0.2, -0.15) is 0 Å². The van der Waals surface area contributed by atoms with Crippen LogP contribution in [-0.4, -0.2) is 24.4 Å². The highest BCUT2D eigenvalue weighted by Gasteiger charge is 2.40. The molecule has 2 heterocycles. The molecule has 2 aliphatic rings. The first-order valence-corrected chi connectivity index (χ1v) is 6.40. The molecule has 1 saturated carbocycles. The summed E-state index contributed by atoms with van der Waals surface area (Å²) in [7, 11) is 1.93. The van der Waals surface area contributed by atoms with Crippen LogP contribution in [0.1, 0.15) is 39.6 Å². The number of carbonyl (C=O) groups is 1. The SMILES string of the molecule is Cc1csc2c1C(=O)N(C)CC2C1CC1. The molecule has 0 saturated heterocycles. The summed E-state index contributed by atoms with van der Waals surface area (Å²) >= 11 is 1.79. The Labute approximate surface area is 93.9 Å². The van der Waals surface area contributed by atoms with Gasteiger partial charge < -0.3 is 4.90 Å². The van der Waals surface area contributed by atoms with Crippen LogP contribution in [0.5, 0.6) is 0 Å². The topological polar surface area (TPSA) is 20.3 Å². The Bertz CT molecular complexity index is 419. The molecule has 1 aliphatic carbocycles. The van der Waals surface area contributed by atoms with Gasteiger partial charge in [-0.3, -0.25) is 4.79 Å². The lowest BCUT2D eigenvalue weighted by Crippen LogP contribution is -2.37. The van der Waals surface area contributed by atoms with Crippen molar-refractivity contribution in [3.63, 3.8) is 0 Å². The van der Waals surface area contributed by atoms with Crippen molar-refractivity contribution in [2.24, 2.45) is 5.92 Å². The minimum Gasteiger partial charge on any atom is -0.341 e. The minimum atomic E-state index is 0.223. The molecule has 1 atom stereocenters. The summed E-state index contributed by atoms with van der Waals surface area (Å²) in [5.74, 6) is 1.69. The highest BCUT2D eigenvalue weighted by atomic mass is 32.1. The quantitative estimate of drug-likeness (QED) is 0.714. The molecule has 3 rings (SSSR count). The third kappa shape index (κ3) is 1.33. The highest BCUT2D eigenvalue weighted by molar-refractivity contribution is 7.10. The molecule has 0 spiro atoms. The van der Waals surface area contributed by atoms with E-state index >= 15 is 0 Å². The monoisotopic (exact) mass is 221 g/mol. The summed E-state index contributed by atoms with van der Waals surface area (Å²) in [6, 6.07) is 0. The number of thiophene rings is 1. The molecular weight excluding hydrogens is 206 g/mol. The number of hydrogen-bond donors (Lipinski definition) is 0. The molecule has 1 unspecified atom stereocenters. The second-order valence-electron chi connectivity index (χ2n) is 4.79. The fourth-order valence-corrected chi connectivity index (χ4v) is 3.75. The lowest BCUT2D eigenvalue weighted by Gasteiger charge is -2.30. The highest BCUT2D eigenvalue weighted by Crippen LogP contribution is 2.48. The number of nitrogens with zero attached hydrogens (tertiary/aromatic N) is 1. The third-order valence-electron chi connectivity index (χ3n) is 3.56. The van der Waals surface area contributed by atoms with E-state index < -0.39 is 0 Å². The second-order valence-corrected chi connectivity index (χ2v) is 5.70. The number of carbonyl (C=O) groups excluding carboxylic acids is 1. The van der Waals surface area contributed by atoms with Gasteiger partial charge in [0, 0.05) is 24.4 Å². The normalized spacial score (nSPS) is 25.6. The summed E-state index contributed by atoms with van der Waals surface area (Å²) in [5.41, 5.74) is 2.17. The van der Waals surface area contributed by atoms with E-state index in [4.69, 9.17) is 0 Å². The Hall–Kier alpha value is -0.830. The van der Waals surface area contributed by atoms with Crippen molar-refractivity contribution in [2.75, 3.05) is 13.6 Å². The van der Waals surface area contributed by atoms with Gasteiger partial charge in [0.2, 0.25) is 0 Å². The molecule has 1 amide bonds. The van der Waals surface area contributed by atoms with Gasteiger partial charge in [0.05, 0.1) is 5.56 Å². The van der Waals surface area contributed by atoms with Crippen LogP contribution in [0.3, 0.4) is 0 Å². The largest absolute Gasteiger partial charge is 0.341 e. The molecule has 1 aromatic heterocycles. The van der Waals surface area contributed by atoms with Crippen LogP contribution in [0.25, 0.3) is 0 Å². The Morgan fingerprint density at radius 1 is 1.47 bits per heavy atom. The van der Waals surface area contributed by atoms with E-state index in [2.05, 4.69) is 12.3 Å². The Kier molecular flexibility index (Phi) is 1.93. The van der Waals surface area contributed by atoms with Gasteiger partial charge in [-0.05, 0) is 36.6 Å². The predicted molar refractivity (Wildman–Crippen MR) is 61.5 cm³/mol. The first kappa shape index (κ1) is 9.40. The minimum absolute atomic E-state index is 0.223. The van der Waals surface area contributed by atoms with Gasteiger partial charge in [-0.15, -0.1) is 11.3 Å². The van der Waals surface area contributed by atoms with E-state index in [1.165, 1.54) is 17.7 Å². The number of aryl methyl sites for hydroxylation is 1. The second kappa shape index (κ2) is 3.08. The van der Waals surface area contributed by atoms with Gasteiger partial charge in [0.15, 0.2) is 0 Å². The standard InChI is InChI=1S/C12H15NOS/c1-7-6-15-11-9(8-3-4-8)5-13(2)12(14)10(7)11/h6,8-9H,3-5H2,1-2H3. The van der Waals surface area contributed by atoms with Crippen molar-refractivity contribution >= 4 is 17.2 Å². The first-order chi connectivity index (χ1) is 7.18. The molecule has 1 aromatic rings. The van der Waals surface area contributed by atoms with E-state index in [-0.39, 0.29) is 5.91 Å². The van der Waals surface area contributed by atoms with Crippen LogP contribution in [0.2, 0.25) is 0 Å². The van der Waals surface area contributed by atoms with Gasteiger partial charge >= 0.3 is 0 Å². The van der Waals surface area contributed by atoms with Crippen LogP contribution in [0.4, 0.5) is 0 Å². The van der Waals surface area contributed by atoms with Crippen molar-refractivity contribution in [3.8, 4) is 0 Å². The number of amides is 1. The zero-order valence-corrected chi connectivity index (χ0v) is 9.93. The van der Waals surface area contributed by atoms with Gasteiger partial charge in [-0.25, -0.2) is 0 Å². The van der Waals surface area contributed by atoms with Crippen molar-refractivity contribution in [2.45, 2.75) is 25.7 Å². The van der Waals surface area contributed by atoms with Crippen molar-refractivity contribution < 1.29 is 4.79 Å². The molecule has 3 heteroatoms. The van der Waals surface area contributed by atoms with Crippen molar-refractivity contribution in [1.29, 1.82) is 0 Å². The van der Waals surface area contributed by atoms with E-state index in [0.29, 0.717) is 5.92 Å². The maximum atomic E-state index is 12.0. The summed E-state index contributed by atoms with van der Waals surface area (Å²) < 4.78 is 0. The summed E-state index contributed by atoms with van der Waals surface area (Å²) in [4.78, 5) is 15.3. The van der Waals surface area contributed by atoms with Crippen LogP contribution >= 0.6 is 11.3 Å². The predicted octanol–water partition coefficient (Wildman–Crippen LogP) is 2.64. The van der Waals surface area contributed by atoms with Gasteiger partial charge in [-0.1, -0.05) is 0 Å². The Morgan fingerprint density at radius 2 is 2.20 bits per heavy atom. The molecule has 80 valence electrons. The van der Waals surface area contributed by atoms with Gasteiger partial charge in [0.25, 0.3) is 5.91 Å². The summed E-state index contributed by atoms with van der Waals surface area (Å²) in [5, 5.41) is 2.14. The molecule has 1 aliphatic heterocycles. The molecule has 0 radical (unpaired) electrons. The lowest BCUT2D eigenvalue weighted by atomic mass is 9.92. The van der Waals surface area contributed by atoms with Crippen LogP contribution < -0.4 is 0 Å². The Balaban J connectivity index is 2.09. The van der Waals surface area contributed by atoms with E-state index in [1.54, 1.807) is 11.3 Å².